The fourth-order valence-electron chi connectivity index (χ4n) is 3.24. The van der Waals surface area contributed by atoms with Gasteiger partial charge in [-0.3, -0.25) is 0 Å². The largest absolute Gasteiger partial charge is 0.488 e. The SMILES string of the molecule is CC1(C)OB(/C=C\n2c3ccccc3c3ccccc32)OC1(C)C. The number of para-hydroxylation sites is 2. The van der Waals surface area contributed by atoms with E-state index in [2.05, 4.69) is 87.0 Å². The van der Waals surface area contributed by atoms with Crippen LogP contribution in [-0.4, -0.2) is 22.9 Å². The predicted octanol–water partition coefficient (Wildman–Crippen LogP) is 4.90. The molecule has 3 nitrogen and oxygen atoms in total. The normalized spacial score (nSPS) is 19.8. The quantitative estimate of drug-likeness (QED) is 0.627. The second-order valence-electron chi connectivity index (χ2n) is 7.37. The van der Waals surface area contributed by atoms with Crippen molar-refractivity contribution in [2.75, 3.05) is 0 Å². The summed E-state index contributed by atoms with van der Waals surface area (Å²) < 4.78 is 14.3. The Bertz CT molecular complexity index is 870. The van der Waals surface area contributed by atoms with Gasteiger partial charge in [0.05, 0.1) is 22.2 Å². The smallest absolute Gasteiger partial charge is 0.400 e. The Morgan fingerprint density at radius 3 is 1.75 bits per heavy atom. The molecule has 122 valence electrons. The Morgan fingerprint density at radius 1 is 0.792 bits per heavy atom. The number of rotatable bonds is 2. The molecule has 2 heterocycles. The maximum atomic E-state index is 6.06. The highest BCUT2D eigenvalue weighted by molar-refractivity contribution is 6.52. The maximum Gasteiger partial charge on any atom is 0.488 e. The minimum Gasteiger partial charge on any atom is -0.400 e. The Morgan fingerprint density at radius 2 is 1.25 bits per heavy atom. The first-order valence-corrected chi connectivity index (χ1v) is 8.41. The molecule has 0 unspecified atom stereocenters. The zero-order valence-electron chi connectivity index (χ0n) is 14.6. The van der Waals surface area contributed by atoms with E-state index in [0.717, 1.165) is 0 Å². The van der Waals surface area contributed by atoms with Crippen LogP contribution in [0.2, 0.25) is 0 Å². The van der Waals surface area contributed by atoms with Crippen molar-refractivity contribution in [1.82, 2.24) is 4.57 Å². The lowest BCUT2D eigenvalue weighted by Gasteiger charge is -2.32. The maximum absolute atomic E-state index is 6.06. The molecule has 0 saturated carbocycles. The van der Waals surface area contributed by atoms with Crippen LogP contribution in [0, 0.1) is 0 Å². The van der Waals surface area contributed by atoms with Gasteiger partial charge in [-0.25, -0.2) is 0 Å². The second-order valence-corrected chi connectivity index (χ2v) is 7.37. The summed E-state index contributed by atoms with van der Waals surface area (Å²) >= 11 is 0. The number of hydrogen-bond acceptors (Lipinski definition) is 2. The van der Waals surface area contributed by atoms with Crippen LogP contribution < -0.4 is 0 Å². The minimum atomic E-state index is -0.338. The van der Waals surface area contributed by atoms with Gasteiger partial charge in [-0.1, -0.05) is 36.4 Å². The topological polar surface area (TPSA) is 23.4 Å². The molecule has 0 bridgehead atoms. The van der Waals surface area contributed by atoms with Crippen molar-refractivity contribution < 1.29 is 9.31 Å². The summed E-state index contributed by atoms with van der Waals surface area (Å²) in [5, 5.41) is 2.51. The van der Waals surface area contributed by atoms with Crippen LogP contribution in [0.3, 0.4) is 0 Å². The summed E-state index contributed by atoms with van der Waals surface area (Å²) in [4.78, 5) is 0. The summed E-state index contributed by atoms with van der Waals surface area (Å²) in [6.45, 7) is 8.28. The van der Waals surface area contributed by atoms with Crippen molar-refractivity contribution in [2.24, 2.45) is 0 Å². The van der Waals surface area contributed by atoms with E-state index in [9.17, 15) is 0 Å². The average molecular weight is 319 g/mol. The molecule has 0 radical (unpaired) electrons. The van der Waals surface area contributed by atoms with Crippen molar-refractivity contribution in [1.29, 1.82) is 0 Å². The lowest BCUT2D eigenvalue weighted by molar-refractivity contribution is 0.00578. The first kappa shape index (κ1) is 15.5. The molecule has 1 fully saturated rings. The Labute approximate surface area is 143 Å². The molecule has 1 aromatic heterocycles. The number of nitrogens with zero attached hydrogens (tertiary/aromatic N) is 1. The van der Waals surface area contributed by atoms with Gasteiger partial charge < -0.3 is 13.9 Å². The van der Waals surface area contributed by atoms with E-state index in [1.54, 1.807) is 0 Å². The van der Waals surface area contributed by atoms with Gasteiger partial charge in [0.15, 0.2) is 0 Å². The highest BCUT2D eigenvalue weighted by Crippen LogP contribution is 2.37. The first-order chi connectivity index (χ1) is 11.4. The molecule has 24 heavy (non-hydrogen) atoms. The third kappa shape index (κ3) is 2.29. The number of benzene rings is 2. The van der Waals surface area contributed by atoms with Gasteiger partial charge in [0.25, 0.3) is 0 Å². The second kappa shape index (κ2) is 5.23. The summed E-state index contributed by atoms with van der Waals surface area (Å²) in [6.07, 6.45) is 2.06. The molecule has 0 spiro atoms. The summed E-state index contributed by atoms with van der Waals surface area (Å²) in [7, 11) is -0.338. The third-order valence-corrected chi connectivity index (χ3v) is 5.28. The Hall–Kier alpha value is -2.04. The number of fused-ring (bicyclic) bond motifs is 3. The zero-order valence-corrected chi connectivity index (χ0v) is 14.6. The monoisotopic (exact) mass is 319 g/mol. The molecule has 1 saturated heterocycles. The molecule has 0 N–H and O–H groups in total. The molecular formula is C20H22BNO2. The van der Waals surface area contributed by atoms with Crippen LogP contribution in [0.4, 0.5) is 0 Å². The first-order valence-electron chi connectivity index (χ1n) is 8.41. The van der Waals surface area contributed by atoms with E-state index in [1.807, 2.05) is 5.98 Å². The van der Waals surface area contributed by atoms with Crippen molar-refractivity contribution in [2.45, 2.75) is 38.9 Å². The fourth-order valence-corrected chi connectivity index (χ4v) is 3.24. The third-order valence-electron chi connectivity index (χ3n) is 5.28. The molecular weight excluding hydrogens is 297 g/mol. The Balaban J connectivity index is 1.77. The molecule has 0 amide bonds. The van der Waals surface area contributed by atoms with Crippen LogP contribution in [0.1, 0.15) is 27.7 Å². The van der Waals surface area contributed by atoms with Crippen LogP contribution in [0.15, 0.2) is 54.5 Å². The Kier molecular flexibility index (Phi) is 3.38. The van der Waals surface area contributed by atoms with Gasteiger partial charge in [0.2, 0.25) is 0 Å². The molecule has 4 heteroatoms. The fraction of sp³-hybridized carbons (Fsp3) is 0.300. The van der Waals surface area contributed by atoms with Crippen molar-refractivity contribution in [3.63, 3.8) is 0 Å². The molecule has 1 aliphatic heterocycles. The van der Waals surface area contributed by atoms with Gasteiger partial charge in [-0.05, 0) is 45.8 Å². The molecule has 3 aromatic rings. The van der Waals surface area contributed by atoms with Gasteiger partial charge in [-0.15, -0.1) is 0 Å². The lowest BCUT2D eigenvalue weighted by Crippen LogP contribution is -2.41. The highest BCUT2D eigenvalue weighted by atomic mass is 16.7. The van der Waals surface area contributed by atoms with E-state index >= 15 is 0 Å². The average Bonchev–Trinajstić information content (AvgIpc) is 2.96. The van der Waals surface area contributed by atoms with Gasteiger partial charge in [0.1, 0.15) is 0 Å². The summed E-state index contributed by atoms with van der Waals surface area (Å²) in [6, 6.07) is 16.9. The van der Waals surface area contributed by atoms with E-state index in [-0.39, 0.29) is 18.3 Å². The van der Waals surface area contributed by atoms with E-state index in [1.165, 1.54) is 21.8 Å². The van der Waals surface area contributed by atoms with Crippen molar-refractivity contribution in [3.05, 3.63) is 54.5 Å². The minimum absolute atomic E-state index is 0.317. The molecule has 1 aliphatic rings. The molecule has 0 aliphatic carbocycles. The number of aromatic nitrogens is 1. The van der Waals surface area contributed by atoms with Gasteiger partial charge in [0, 0.05) is 17.0 Å². The number of hydrogen-bond donors (Lipinski definition) is 0. The van der Waals surface area contributed by atoms with Crippen molar-refractivity contribution in [3.8, 4) is 0 Å². The predicted molar refractivity (Wildman–Crippen MR) is 101 cm³/mol. The van der Waals surface area contributed by atoms with Crippen LogP contribution in [-0.2, 0) is 9.31 Å². The molecule has 4 rings (SSSR count). The van der Waals surface area contributed by atoms with E-state index in [0.29, 0.717) is 0 Å². The van der Waals surface area contributed by atoms with Crippen LogP contribution in [0.5, 0.6) is 0 Å². The van der Waals surface area contributed by atoms with Crippen LogP contribution in [0.25, 0.3) is 28.0 Å². The van der Waals surface area contributed by atoms with Crippen LogP contribution >= 0.6 is 0 Å². The molecule has 0 atom stereocenters. The summed E-state index contributed by atoms with van der Waals surface area (Å²) in [5.74, 6) is 2.00. The van der Waals surface area contributed by atoms with E-state index < -0.39 is 0 Å². The lowest BCUT2D eigenvalue weighted by atomic mass is 9.90. The van der Waals surface area contributed by atoms with Crippen molar-refractivity contribution >= 4 is 35.1 Å². The zero-order chi connectivity index (χ0) is 16.9. The molecule has 2 aromatic carbocycles. The summed E-state index contributed by atoms with van der Waals surface area (Å²) in [5.41, 5.74) is 1.74. The van der Waals surface area contributed by atoms with Gasteiger partial charge in [-0.2, -0.15) is 0 Å². The van der Waals surface area contributed by atoms with E-state index in [4.69, 9.17) is 9.31 Å². The highest BCUT2D eigenvalue weighted by Gasteiger charge is 2.50. The van der Waals surface area contributed by atoms with Gasteiger partial charge >= 0.3 is 7.12 Å². The standard InChI is InChI=1S/C20H22BNO2/c1-19(2)20(3,4)24-21(23-19)13-14-22-17-11-7-5-9-15(17)16-10-6-8-12-18(16)22/h5-14H,1-4H3/b14-13-.